The van der Waals surface area contributed by atoms with Crippen molar-refractivity contribution in [1.82, 2.24) is 0 Å². The van der Waals surface area contributed by atoms with Crippen LogP contribution in [0, 0.1) is 0 Å². The van der Waals surface area contributed by atoms with Gasteiger partial charge < -0.3 is 23.3 Å². The zero-order valence-electron chi connectivity index (χ0n) is 16.0. The maximum absolute atomic E-state index is 3.67. The van der Waals surface area contributed by atoms with Gasteiger partial charge >= 0.3 is 0 Å². The molecule has 0 aliphatic heterocycles. The van der Waals surface area contributed by atoms with Crippen molar-refractivity contribution in [1.29, 1.82) is 0 Å². The quantitative estimate of drug-likeness (QED) is 0.233. The van der Waals surface area contributed by atoms with Gasteiger partial charge in [0.15, 0.2) is 0 Å². The van der Waals surface area contributed by atoms with E-state index < -0.39 is 0 Å². The Kier molecular flexibility index (Phi) is 39.2. The van der Waals surface area contributed by atoms with Crippen molar-refractivity contribution in [3.8, 4) is 0 Å². The van der Waals surface area contributed by atoms with Crippen LogP contribution in [-0.4, -0.2) is 0 Å². The molecule has 0 spiro atoms. The second-order valence-electron chi connectivity index (χ2n) is 7.07. The maximum atomic E-state index is 3.67. The van der Waals surface area contributed by atoms with E-state index in [4.69, 9.17) is 0 Å². The number of hydrogen-bond acceptors (Lipinski definition) is 2. The molecule has 0 atom stereocenters. The van der Waals surface area contributed by atoms with Crippen LogP contribution in [0.3, 0.4) is 0 Å². The van der Waals surface area contributed by atoms with Crippen LogP contribution in [0.25, 0.3) is 0 Å². The SMILES string of the molecule is C1CCCC1.C1CCCC1.C1CCCC1.C1CCCC1.[S-][S-].[Zr].[Zr]. The molecule has 0 amide bonds. The molecule has 4 aliphatic carbocycles. The van der Waals surface area contributed by atoms with Gasteiger partial charge in [0.1, 0.15) is 0 Å². The molecule has 4 rings (SSSR count). The molecule has 0 saturated heterocycles. The van der Waals surface area contributed by atoms with Crippen LogP contribution in [0.4, 0.5) is 0 Å². The summed E-state index contributed by atoms with van der Waals surface area (Å²) in [4.78, 5) is 0. The summed E-state index contributed by atoms with van der Waals surface area (Å²) in [6.45, 7) is 0. The molecule has 0 aromatic carbocycles. The molecule has 0 aromatic heterocycles. The van der Waals surface area contributed by atoms with Crippen LogP contribution in [0.5, 0.6) is 0 Å². The van der Waals surface area contributed by atoms with E-state index in [0.717, 1.165) is 0 Å². The minimum absolute atomic E-state index is 0. The average Bonchev–Trinajstić information content (AvgIpc) is 3.46. The summed E-state index contributed by atoms with van der Waals surface area (Å²) >= 11 is 7.33. The standard InChI is InChI=1S/4C5H10.S2.2Zr/c4*1-2-4-5-3-1;1-2;;/h4*1-5H2;;;/q;;;;-2;;. The van der Waals surface area contributed by atoms with Gasteiger partial charge in [-0.25, -0.2) is 0 Å². The first-order valence-electron chi connectivity index (χ1n) is 10.2. The fourth-order valence-electron chi connectivity index (χ4n) is 3.54. The van der Waals surface area contributed by atoms with Crippen LogP contribution in [0.1, 0.15) is 128 Å². The van der Waals surface area contributed by atoms with Crippen molar-refractivity contribution in [2.45, 2.75) is 128 Å². The van der Waals surface area contributed by atoms with Gasteiger partial charge in [0.25, 0.3) is 0 Å². The summed E-state index contributed by atoms with van der Waals surface area (Å²) in [5, 5.41) is 0. The summed E-state index contributed by atoms with van der Waals surface area (Å²) in [6.07, 6.45) is 30.0. The Labute approximate surface area is 202 Å². The molecule has 4 aliphatic rings. The molecular formula is C20H40S2Zr2-2. The van der Waals surface area contributed by atoms with Crippen molar-refractivity contribution in [3.63, 3.8) is 0 Å². The first kappa shape index (κ1) is 31.2. The third-order valence-corrected chi connectivity index (χ3v) is 5.00. The summed E-state index contributed by atoms with van der Waals surface area (Å²) in [7, 11) is 0. The molecular weight excluding hydrogens is 487 g/mol. The van der Waals surface area contributed by atoms with Gasteiger partial charge in [-0.05, 0) is 0 Å². The van der Waals surface area contributed by atoms with Gasteiger partial charge in [-0.1, -0.05) is 128 Å². The molecule has 0 N–H and O–H groups in total. The summed E-state index contributed by atoms with van der Waals surface area (Å²) in [6, 6.07) is 0. The minimum Gasteiger partial charge on any atom is -1.00 e. The Bertz CT molecular complexity index is 106. The van der Waals surface area contributed by atoms with Gasteiger partial charge in [0.2, 0.25) is 0 Å². The summed E-state index contributed by atoms with van der Waals surface area (Å²) in [5.74, 6) is 0. The largest absolute Gasteiger partial charge is 1.00 e. The van der Waals surface area contributed by atoms with Crippen molar-refractivity contribution < 1.29 is 52.4 Å². The van der Waals surface area contributed by atoms with Crippen LogP contribution in [-0.2, 0) is 75.7 Å². The predicted molar refractivity (Wildman–Crippen MR) is 107 cm³/mol. The van der Waals surface area contributed by atoms with Crippen molar-refractivity contribution in [2.75, 3.05) is 0 Å². The molecule has 0 radical (unpaired) electrons. The van der Waals surface area contributed by atoms with Gasteiger partial charge in [-0.3, -0.25) is 0 Å². The second kappa shape index (κ2) is 30.2. The van der Waals surface area contributed by atoms with E-state index in [1.54, 1.807) is 0 Å². The molecule has 4 saturated carbocycles. The molecule has 0 aromatic rings. The van der Waals surface area contributed by atoms with E-state index in [1.807, 2.05) is 0 Å². The fraction of sp³-hybridized carbons (Fsp3) is 1.00. The van der Waals surface area contributed by atoms with Crippen LogP contribution in [0.2, 0.25) is 0 Å². The van der Waals surface area contributed by atoms with Crippen LogP contribution in [0.15, 0.2) is 0 Å². The van der Waals surface area contributed by atoms with Gasteiger partial charge in [0.05, 0.1) is 0 Å². The predicted octanol–water partition coefficient (Wildman–Crippen LogP) is 7.79. The topological polar surface area (TPSA) is 0 Å². The molecule has 0 heterocycles. The molecule has 4 heteroatoms. The van der Waals surface area contributed by atoms with E-state index in [-0.39, 0.29) is 52.4 Å². The Morgan fingerprint density at radius 1 is 0.208 bits per heavy atom. The number of rotatable bonds is 0. The summed E-state index contributed by atoms with van der Waals surface area (Å²) in [5.41, 5.74) is 0. The molecule has 0 nitrogen and oxygen atoms in total. The smallest absolute Gasteiger partial charge is 0 e. The van der Waals surface area contributed by atoms with Crippen LogP contribution >= 0.6 is 0 Å². The van der Waals surface area contributed by atoms with E-state index in [9.17, 15) is 0 Å². The Morgan fingerprint density at radius 2 is 0.250 bits per heavy atom. The molecule has 4 fully saturated rings. The average molecular weight is 527 g/mol. The first-order valence-corrected chi connectivity index (χ1v) is 11.5. The zero-order chi connectivity index (χ0) is 16.1. The van der Waals surface area contributed by atoms with E-state index in [0.29, 0.717) is 0 Å². The zero-order valence-corrected chi connectivity index (χ0v) is 22.5. The Hall–Kier alpha value is 2.47. The normalized spacial score (nSPS) is 20.2. The monoisotopic (exact) mass is 524 g/mol. The minimum atomic E-state index is 0. The molecule has 24 heavy (non-hydrogen) atoms. The van der Waals surface area contributed by atoms with Crippen molar-refractivity contribution in [3.05, 3.63) is 0 Å². The van der Waals surface area contributed by atoms with Crippen molar-refractivity contribution >= 4 is 23.3 Å². The van der Waals surface area contributed by atoms with E-state index in [1.165, 1.54) is 128 Å². The fourth-order valence-corrected chi connectivity index (χ4v) is 3.54. The van der Waals surface area contributed by atoms with Gasteiger partial charge in [-0.2, -0.15) is 0 Å². The van der Waals surface area contributed by atoms with Gasteiger partial charge in [-0.15, -0.1) is 0 Å². The third kappa shape index (κ3) is 26.7. The van der Waals surface area contributed by atoms with Gasteiger partial charge in [0, 0.05) is 52.4 Å². The first-order chi connectivity index (χ1) is 11.0. The van der Waals surface area contributed by atoms with E-state index in [2.05, 4.69) is 23.3 Å². The Morgan fingerprint density at radius 3 is 0.292 bits per heavy atom. The molecule has 0 bridgehead atoms. The van der Waals surface area contributed by atoms with E-state index >= 15 is 0 Å². The third-order valence-electron chi connectivity index (χ3n) is 5.00. The Balaban J connectivity index is -0.000000231. The maximum Gasteiger partial charge on any atom is 0 e. The number of hydrogen-bond donors (Lipinski definition) is 0. The second-order valence-corrected chi connectivity index (χ2v) is 7.07. The summed E-state index contributed by atoms with van der Waals surface area (Å²) < 4.78 is 0. The molecule has 142 valence electrons. The van der Waals surface area contributed by atoms with Crippen LogP contribution < -0.4 is 0 Å². The van der Waals surface area contributed by atoms with Crippen molar-refractivity contribution in [2.24, 2.45) is 0 Å². The molecule has 0 unspecified atom stereocenters.